The Hall–Kier alpha value is -2.25. The number of hydrogen-bond acceptors (Lipinski definition) is 4. The van der Waals surface area contributed by atoms with Crippen LogP contribution in [-0.4, -0.2) is 20.7 Å². The fourth-order valence-corrected chi connectivity index (χ4v) is 3.45. The van der Waals surface area contributed by atoms with Gasteiger partial charge < -0.3 is 5.32 Å². The number of carbonyl (C=O) groups excluding carboxylic acids is 1. The molecule has 1 aromatic carbocycles. The van der Waals surface area contributed by atoms with Crippen molar-refractivity contribution < 1.29 is 4.79 Å². The number of aromatic amines is 1. The van der Waals surface area contributed by atoms with Crippen LogP contribution in [0.3, 0.4) is 0 Å². The van der Waals surface area contributed by atoms with Gasteiger partial charge >= 0.3 is 0 Å². The van der Waals surface area contributed by atoms with Crippen LogP contribution in [0.25, 0.3) is 10.7 Å². The molecule has 5 nitrogen and oxygen atoms in total. The highest BCUT2D eigenvalue weighted by molar-refractivity contribution is 7.71. The second-order valence-electron chi connectivity index (χ2n) is 6.06. The Balaban J connectivity index is 1.63. The van der Waals surface area contributed by atoms with Crippen LogP contribution in [-0.2, 0) is 11.3 Å². The van der Waals surface area contributed by atoms with Gasteiger partial charge in [0.05, 0.1) is 4.88 Å². The fourth-order valence-electron chi connectivity index (χ4n) is 2.51. The average Bonchev–Trinajstić information content (AvgIpc) is 3.23. The summed E-state index contributed by atoms with van der Waals surface area (Å²) < 4.78 is 2.39. The molecule has 0 fully saturated rings. The summed E-state index contributed by atoms with van der Waals surface area (Å²) in [6.45, 7) is 4.78. The molecular formula is C18H20N4OS2. The van der Waals surface area contributed by atoms with Crippen molar-refractivity contribution in [3.8, 4) is 10.7 Å². The summed E-state index contributed by atoms with van der Waals surface area (Å²) in [5.41, 5.74) is 2.06. The molecule has 25 heavy (non-hydrogen) atoms. The average molecular weight is 373 g/mol. The van der Waals surface area contributed by atoms with E-state index in [0.29, 0.717) is 23.7 Å². The molecule has 2 N–H and O–H groups in total. The summed E-state index contributed by atoms with van der Waals surface area (Å²) in [5.74, 6) is 1.20. The smallest absolute Gasteiger partial charge is 0.226 e. The monoisotopic (exact) mass is 372 g/mol. The van der Waals surface area contributed by atoms with E-state index in [9.17, 15) is 4.79 Å². The lowest BCUT2D eigenvalue weighted by atomic mass is 10.0. The Morgan fingerprint density at radius 1 is 1.32 bits per heavy atom. The zero-order chi connectivity index (χ0) is 17.8. The molecule has 0 spiro atoms. The van der Waals surface area contributed by atoms with E-state index in [1.54, 1.807) is 11.3 Å². The van der Waals surface area contributed by atoms with E-state index in [-0.39, 0.29) is 5.91 Å². The van der Waals surface area contributed by atoms with Gasteiger partial charge in [0.1, 0.15) is 0 Å². The molecular weight excluding hydrogens is 352 g/mol. The number of nitrogens with zero attached hydrogens (tertiary/aromatic N) is 2. The molecule has 130 valence electrons. The van der Waals surface area contributed by atoms with Gasteiger partial charge in [-0.25, -0.2) is 0 Å². The van der Waals surface area contributed by atoms with Crippen molar-refractivity contribution in [1.82, 2.24) is 14.8 Å². The molecule has 0 saturated carbocycles. The molecule has 2 heterocycles. The van der Waals surface area contributed by atoms with Crippen LogP contribution in [0.15, 0.2) is 41.8 Å². The number of thiophene rings is 1. The van der Waals surface area contributed by atoms with Gasteiger partial charge in [-0.1, -0.05) is 32.0 Å². The van der Waals surface area contributed by atoms with E-state index >= 15 is 0 Å². The maximum atomic E-state index is 12.2. The van der Waals surface area contributed by atoms with Gasteiger partial charge in [0.25, 0.3) is 0 Å². The van der Waals surface area contributed by atoms with Crippen molar-refractivity contribution in [2.45, 2.75) is 32.7 Å². The molecule has 7 heteroatoms. The normalized spacial score (nSPS) is 11.0. The van der Waals surface area contributed by atoms with E-state index in [1.807, 2.05) is 46.3 Å². The number of hydrogen-bond donors (Lipinski definition) is 2. The van der Waals surface area contributed by atoms with Crippen LogP contribution in [0.5, 0.6) is 0 Å². The number of carbonyl (C=O) groups is 1. The summed E-state index contributed by atoms with van der Waals surface area (Å²) in [6, 6.07) is 11.9. The molecule has 0 unspecified atom stereocenters. The molecule has 0 aliphatic rings. The van der Waals surface area contributed by atoms with E-state index in [4.69, 9.17) is 12.2 Å². The largest absolute Gasteiger partial charge is 0.326 e. The van der Waals surface area contributed by atoms with E-state index in [2.05, 4.69) is 29.4 Å². The van der Waals surface area contributed by atoms with Gasteiger partial charge in [0.15, 0.2) is 10.6 Å². The SMILES string of the molecule is CC(C)c1ccc(NC(=O)CCn2c(-c3cccs3)n[nH]c2=S)cc1. The standard InChI is InChI=1S/C18H20N4OS2/c1-12(2)13-5-7-14(8-6-13)19-16(23)9-10-22-17(20-21-18(22)24)15-4-3-11-25-15/h3-8,11-12H,9-10H2,1-2H3,(H,19,23)(H,21,24). The minimum Gasteiger partial charge on any atom is -0.326 e. The Labute approximate surface area is 155 Å². The van der Waals surface area contributed by atoms with Crippen LogP contribution < -0.4 is 5.32 Å². The lowest BCUT2D eigenvalue weighted by Gasteiger charge is -2.09. The third kappa shape index (κ3) is 4.24. The first-order chi connectivity index (χ1) is 12.0. The molecule has 3 rings (SSSR count). The first-order valence-electron chi connectivity index (χ1n) is 8.13. The van der Waals surface area contributed by atoms with Crippen molar-refractivity contribution >= 4 is 35.1 Å². The topological polar surface area (TPSA) is 62.7 Å². The highest BCUT2D eigenvalue weighted by atomic mass is 32.1. The Bertz CT molecular complexity index is 892. The van der Waals surface area contributed by atoms with Crippen molar-refractivity contribution in [3.63, 3.8) is 0 Å². The third-order valence-electron chi connectivity index (χ3n) is 3.92. The number of aromatic nitrogens is 3. The first-order valence-corrected chi connectivity index (χ1v) is 9.42. The molecule has 0 radical (unpaired) electrons. The van der Waals surface area contributed by atoms with Crippen LogP contribution in [0, 0.1) is 4.77 Å². The zero-order valence-corrected chi connectivity index (χ0v) is 15.8. The van der Waals surface area contributed by atoms with Crippen LogP contribution >= 0.6 is 23.6 Å². The maximum absolute atomic E-state index is 12.2. The number of H-pyrrole nitrogens is 1. The van der Waals surface area contributed by atoms with Gasteiger partial charge in [-0.15, -0.1) is 11.3 Å². The number of benzene rings is 1. The number of rotatable bonds is 6. The molecule has 0 aliphatic carbocycles. The number of anilines is 1. The predicted molar refractivity (Wildman–Crippen MR) is 105 cm³/mol. The lowest BCUT2D eigenvalue weighted by Crippen LogP contribution is -2.15. The van der Waals surface area contributed by atoms with Crippen molar-refractivity contribution in [1.29, 1.82) is 0 Å². The highest BCUT2D eigenvalue weighted by Gasteiger charge is 2.11. The molecule has 0 bridgehead atoms. The summed E-state index contributed by atoms with van der Waals surface area (Å²) in [4.78, 5) is 13.3. The highest BCUT2D eigenvalue weighted by Crippen LogP contribution is 2.23. The number of nitrogens with one attached hydrogen (secondary N) is 2. The summed E-state index contributed by atoms with van der Waals surface area (Å²) >= 11 is 6.88. The van der Waals surface area contributed by atoms with Crippen LogP contribution in [0.2, 0.25) is 0 Å². The minimum absolute atomic E-state index is 0.0440. The molecule has 3 aromatic rings. The van der Waals surface area contributed by atoms with Crippen LogP contribution in [0.1, 0.15) is 31.7 Å². The molecule has 0 aliphatic heterocycles. The first kappa shape index (κ1) is 17.6. The van der Waals surface area contributed by atoms with Gasteiger partial charge in [-0.05, 0) is 47.3 Å². The second kappa shape index (κ2) is 7.76. The molecule has 0 saturated heterocycles. The maximum Gasteiger partial charge on any atom is 0.226 e. The molecule has 2 aromatic heterocycles. The van der Waals surface area contributed by atoms with Crippen molar-refractivity contribution in [2.24, 2.45) is 0 Å². The van der Waals surface area contributed by atoms with Gasteiger partial charge in [-0.2, -0.15) is 5.10 Å². The van der Waals surface area contributed by atoms with E-state index in [1.165, 1.54) is 5.56 Å². The Morgan fingerprint density at radius 3 is 2.72 bits per heavy atom. The third-order valence-corrected chi connectivity index (χ3v) is 5.10. The summed E-state index contributed by atoms with van der Waals surface area (Å²) in [5, 5.41) is 12.0. The fraction of sp³-hybridized carbons (Fsp3) is 0.278. The lowest BCUT2D eigenvalue weighted by molar-refractivity contribution is -0.116. The summed E-state index contributed by atoms with van der Waals surface area (Å²) in [7, 11) is 0. The van der Waals surface area contributed by atoms with Gasteiger partial charge in [-0.3, -0.25) is 14.5 Å². The zero-order valence-electron chi connectivity index (χ0n) is 14.2. The minimum atomic E-state index is -0.0440. The predicted octanol–water partition coefficient (Wildman–Crippen LogP) is 4.82. The second-order valence-corrected chi connectivity index (χ2v) is 7.39. The van der Waals surface area contributed by atoms with E-state index < -0.39 is 0 Å². The van der Waals surface area contributed by atoms with Crippen molar-refractivity contribution in [3.05, 3.63) is 52.1 Å². The van der Waals surface area contributed by atoms with Crippen LogP contribution in [0.4, 0.5) is 5.69 Å². The van der Waals surface area contributed by atoms with E-state index in [0.717, 1.165) is 16.4 Å². The van der Waals surface area contributed by atoms with Crippen molar-refractivity contribution in [2.75, 3.05) is 5.32 Å². The number of amides is 1. The molecule has 1 amide bonds. The summed E-state index contributed by atoms with van der Waals surface area (Å²) in [6.07, 6.45) is 0.331. The van der Waals surface area contributed by atoms with Gasteiger partial charge in [0.2, 0.25) is 5.91 Å². The quantitative estimate of drug-likeness (QED) is 0.610. The van der Waals surface area contributed by atoms with Gasteiger partial charge in [0, 0.05) is 18.7 Å². The Kier molecular flexibility index (Phi) is 5.45. The molecule has 0 atom stereocenters. The Morgan fingerprint density at radius 2 is 2.08 bits per heavy atom.